The van der Waals surface area contributed by atoms with Crippen LogP contribution in [-0.4, -0.2) is 4.57 Å². The quantitative estimate of drug-likeness (QED) is 0.167. The standard InChI is InChI=1S/C54H36N2/c1-2-11-37(12-3-1)38-21-29-44(30-22-38)55(50-20-10-16-41-13-4-7-17-47(41)50)45-31-23-39(24-32-45)40-25-33-46(34-26-40)56-51-35-27-42-14-5-8-18-48(42)53(51)54-49-19-9-6-15-43(49)28-36-52(54)56/h1-36H. The number of anilines is 3. The third kappa shape index (κ3) is 5.26. The summed E-state index contributed by atoms with van der Waals surface area (Å²) < 4.78 is 2.43. The topological polar surface area (TPSA) is 8.17 Å². The molecule has 0 unspecified atom stereocenters. The van der Waals surface area contributed by atoms with Crippen LogP contribution in [0.2, 0.25) is 0 Å². The van der Waals surface area contributed by atoms with Gasteiger partial charge in [-0.15, -0.1) is 0 Å². The summed E-state index contributed by atoms with van der Waals surface area (Å²) in [6.45, 7) is 0. The summed E-state index contributed by atoms with van der Waals surface area (Å²) in [5, 5.41) is 10.1. The first kappa shape index (κ1) is 32.0. The van der Waals surface area contributed by atoms with Crippen LogP contribution >= 0.6 is 0 Å². The van der Waals surface area contributed by atoms with Crippen LogP contribution in [0.1, 0.15) is 0 Å². The average molecular weight is 713 g/mol. The molecule has 11 aromatic rings. The Morgan fingerprint density at radius 3 is 1.23 bits per heavy atom. The fourth-order valence-corrected chi connectivity index (χ4v) is 8.70. The van der Waals surface area contributed by atoms with Crippen molar-refractivity contribution in [1.82, 2.24) is 4.57 Å². The van der Waals surface area contributed by atoms with Crippen LogP contribution < -0.4 is 4.90 Å². The lowest BCUT2D eigenvalue weighted by molar-refractivity contribution is 1.18. The minimum atomic E-state index is 1.11. The molecule has 0 aliphatic carbocycles. The number of aromatic nitrogens is 1. The maximum atomic E-state index is 2.43. The number of nitrogens with zero attached hydrogens (tertiary/aromatic N) is 2. The van der Waals surface area contributed by atoms with Crippen molar-refractivity contribution in [3.63, 3.8) is 0 Å². The van der Waals surface area contributed by atoms with Gasteiger partial charge < -0.3 is 9.47 Å². The van der Waals surface area contributed by atoms with E-state index >= 15 is 0 Å². The number of fused-ring (bicyclic) bond motifs is 8. The van der Waals surface area contributed by atoms with E-state index in [2.05, 4.69) is 228 Å². The number of benzene rings is 10. The van der Waals surface area contributed by atoms with Crippen molar-refractivity contribution in [2.75, 3.05) is 4.90 Å². The molecule has 0 aliphatic heterocycles. The van der Waals surface area contributed by atoms with Crippen molar-refractivity contribution in [2.45, 2.75) is 0 Å². The Morgan fingerprint density at radius 2 is 0.696 bits per heavy atom. The lowest BCUT2D eigenvalue weighted by Gasteiger charge is -2.27. The van der Waals surface area contributed by atoms with Gasteiger partial charge in [-0.05, 0) is 104 Å². The molecule has 0 saturated heterocycles. The van der Waals surface area contributed by atoms with Gasteiger partial charge in [-0.25, -0.2) is 0 Å². The molecule has 56 heavy (non-hydrogen) atoms. The zero-order valence-corrected chi connectivity index (χ0v) is 30.7. The van der Waals surface area contributed by atoms with Crippen molar-refractivity contribution in [3.8, 4) is 27.9 Å². The molecule has 10 aromatic carbocycles. The highest BCUT2D eigenvalue weighted by Crippen LogP contribution is 2.42. The van der Waals surface area contributed by atoms with E-state index < -0.39 is 0 Å². The third-order valence-corrected chi connectivity index (χ3v) is 11.4. The van der Waals surface area contributed by atoms with E-state index in [9.17, 15) is 0 Å². The van der Waals surface area contributed by atoms with Crippen LogP contribution in [0.15, 0.2) is 218 Å². The molecule has 2 heteroatoms. The molecule has 11 rings (SSSR count). The van der Waals surface area contributed by atoms with Gasteiger partial charge in [-0.1, -0.05) is 164 Å². The Bertz CT molecular complexity index is 3110. The second-order valence-corrected chi connectivity index (χ2v) is 14.5. The zero-order chi connectivity index (χ0) is 37.0. The van der Waals surface area contributed by atoms with Gasteiger partial charge >= 0.3 is 0 Å². The predicted octanol–water partition coefficient (Wildman–Crippen LogP) is 15.0. The largest absolute Gasteiger partial charge is 0.310 e. The van der Waals surface area contributed by atoms with Gasteiger partial charge in [0.15, 0.2) is 0 Å². The molecular formula is C54H36N2. The molecule has 0 aliphatic rings. The van der Waals surface area contributed by atoms with Crippen molar-refractivity contribution in [2.24, 2.45) is 0 Å². The van der Waals surface area contributed by atoms with E-state index in [1.54, 1.807) is 0 Å². The zero-order valence-electron chi connectivity index (χ0n) is 30.7. The van der Waals surface area contributed by atoms with Crippen molar-refractivity contribution in [3.05, 3.63) is 218 Å². The van der Waals surface area contributed by atoms with E-state index in [4.69, 9.17) is 0 Å². The van der Waals surface area contributed by atoms with E-state index in [0.717, 1.165) is 22.7 Å². The molecule has 1 aromatic heterocycles. The summed E-state index contributed by atoms with van der Waals surface area (Å²) >= 11 is 0. The Kier molecular flexibility index (Phi) is 7.53. The highest BCUT2D eigenvalue weighted by Gasteiger charge is 2.18. The average Bonchev–Trinajstić information content (AvgIpc) is 3.63. The van der Waals surface area contributed by atoms with Crippen LogP contribution in [-0.2, 0) is 0 Å². The normalized spacial score (nSPS) is 11.6. The molecule has 0 bridgehead atoms. The molecule has 0 amide bonds. The molecule has 0 atom stereocenters. The van der Waals surface area contributed by atoms with Crippen molar-refractivity contribution < 1.29 is 0 Å². The summed E-state index contributed by atoms with van der Waals surface area (Å²) in [4.78, 5) is 2.37. The van der Waals surface area contributed by atoms with E-state index in [1.807, 2.05) is 0 Å². The first-order chi connectivity index (χ1) is 27.8. The Morgan fingerprint density at radius 1 is 0.286 bits per heavy atom. The van der Waals surface area contributed by atoms with Gasteiger partial charge in [0.1, 0.15) is 0 Å². The minimum absolute atomic E-state index is 1.11. The van der Waals surface area contributed by atoms with Crippen LogP contribution in [0, 0.1) is 0 Å². The predicted molar refractivity (Wildman–Crippen MR) is 239 cm³/mol. The summed E-state index contributed by atoms with van der Waals surface area (Å²) in [5.41, 5.74) is 11.7. The third-order valence-electron chi connectivity index (χ3n) is 11.4. The Hall–Kier alpha value is -7.42. The van der Waals surface area contributed by atoms with Crippen LogP contribution in [0.3, 0.4) is 0 Å². The maximum absolute atomic E-state index is 2.43. The number of hydrogen-bond acceptors (Lipinski definition) is 1. The number of hydrogen-bond donors (Lipinski definition) is 0. The smallest absolute Gasteiger partial charge is 0.0547 e. The van der Waals surface area contributed by atoms with Crippen LogP contribution in [0.25, 0.3) is 82.1 Å². The molecule has 0 saturated carbocycles. The highest BCUT2D eigenvalue weighted by atomic mass is 15.1. The van der Waals surface area contributed by atoms with E-state index in [-0.39, 0.29) is 0 Å². The lowest BCUT2D eigenvalue weighted by atomic mass is 10.00. The summed E-state index contributed by atoms with van der Waals surface area (Å²) in [5.74, 6) is 0. The Balaban J connectivity index is 0.991. The number of rotatable bonds is 6. The van der Waals surface area contributed by atoms with Gasteiger partial charge in [0, 0.05) is 33.2 Å². The first-order valence-electron chi connectivity index (χ1n) is 19.3. The second-order valence-electron chi connectivity index (χ2n) is 14.5. The summed E-state index contributed by atoms with van der Waals surface area (Å²) in [6.07, 6.45) is 0. The molecule has 0 spiro atoms. The highest BCUT2D eigenvalue weighted by molar-refractivity contribution is 6.28. The Labute approximate surface area is 325 Å². The molecule has 2 nitrogen and oxygen atoms in total. The van der Waals surface area contributed by atoms with Gasteiger partial charge in [0.05, 0.1) is 16.7 Å². The molecular weight excluding hydrogens is 677 g/mol. The van der Waals surface area contributed by atoms with Gasteiger partial charge in [0.2, 0.25) is 0 Å². The van der Waals surface area contributed by atoms with E-state index in [1.165, 1.54) is 76.4 Å². The first-order valence-corrected chi connectivity index (χ1v) is 19.3. The van der Waals surface area contributed by atoms with Crippen LogP contribution in [0.4, 0.5) is 17.1 Å². The van der Waals surface area contributed by atoms with Crippen LogP contribution in [0.5, 0.6) is 0 Å². The SMILES string of the molecule is c1ccc(-c2ccc(N(c3ccc(-c4ccc(-n5c6ccc7ccccc7c6c6c7ccccc7ccc65)cc4)cc3)c3cccc4ccccc34)cc2)cc1. The van der Waals surface area contributed by atoms with Crippen molar-refractivity contribution in [1.29, 1.82) is 0 Å². The van der Waals surface area contributed by atoms with E-state index in [0.29, 0.717) is 0 Å². The lowest BCUT2D eigenvalue weighted by Crippen LogP contribution is -2.10. The molecule has 0 radical (unpaired) electrons. The fourth-order valence-electron chi connectivity index (χ4n) is 8.70. The maximum Gasteiger partial charge on any atom is 0.0547 e. The molecule has 0 N–H and O–H groups in total. The molecule has 0 fully saturated rings. The molecule has 262 valence electrons. The monoisotopic (exact) mass is 712 g/mol. The summed E-state index contributed by atoms with van der Waals surface area (Å²) in [6, 6.07) is 79.3. The van der Waals surface area contributed by atoms with Gasteiger partial charge in [-0.2, -0.15) is 0 Å². The van der Waals surface area contributed by atoms with Gasteiger partial charge in [-0.3, -0.25) is 0 Å². The second kappa shape index (κ2) is 13.2. The molecule has 1 heterocycles. The van der Waals surface area contributed by atoms with Crippen molar-refractivity contribution >= 4 is 71.2 Å². The van der Waals surface area contributed by atoms with Gasteiger partial charge in [0.25, 0.3) is 0 Å². The minimum Gasteiger partial charge on any atom is -0.310 e. The summed E-state index contributed by atoms with van der Waals surface area (Å²) in [7, 11) is 0. The fraction of sp³-hybridized carbons (Fsp3) is 0.